The predicted octanol–water partition coefficient (Wildman–Crippen LogP) is 5.27. The number of nitrogens with one attached hydrogen (secondary N) is 2. The van der Waals surface area contributed by atoms with Gasteiger partial charge in [-0.15, -0.1) is 0 Å². The largest absolute Gasteiger partial charge is 0.459 e. The number of fused-ring (bicyclic) bond motifs is 1. The maximum atomic E-state index is 12.6. The van der Waals surface area contributed by atoms with Crippen molar-refractivity contribution in [3.8, 4) is 0 Å². The van der Waals surface area contributed by atoms with Crippen LogP contribution in [0.2, 0.25) is 0 Å². The smallest absolute Gasteiger partial charge is 0.412 e. The van der Waals surface area contributed by atoms with Crippen molar-refractivity contribution in [2.24, 2.45) is 0 Å². The van der Waals surface area contributed by atoms with Crippen LogP contribution in [0.4, 0.5) is 10.5 Å². The molecule has 6 nitrogen and oxygen atoms in total. The third-order valence-corrected chi connectivity index (χ3v) is 3.99. The quantitative estimate of drug-likeness (QED) is 0.646. The average Bonchev–Trinajstić information content (AvgIpc) is 3.04. The topological polar surface area (TPSA) is 80.6 Å². The second kappa shape index (κ2) is 7.76. The van der Waals surface area contributed by atoms with E-state index in [9.17, 15) is 9.59 Å². The summed E-state index contributed by atoms with van der Waals surface area (Å²) in [5.74, 6) is 0.415. The van der Waals surface area contributed by atoms with Crippen molar-refractivity contribution < 1.29 is 18.7 Å². The standard InChI is InChI=1S/C22H24N2O4/c1-14(19-13-15-8-5-6-11-18(15)27-19)23-20(25)16-9-7-10-17(12-16)24-21(26)28-22(2,3)4/h5-14H,1-4H3,(H,23,25)(H,24,26)/t14-/m0/s1. The van der Waals surface area contributed by atoms with Gasteiger partial charge in [-0.25, -0.2) is 4.79 Å². The maximum absolute atomic E-state index is 12.6. The first-order chi connectivity index (χ1) is 13.2. The molecule has 0 aliphatic heterocycles. The number of hydrogen-bond acceptors (Lipinski definition) is 4. The molecule has 0 aliphatic carbocycles. The van der Waals surface area contributed by atoms with Gasteiger partial charge in [-0.1, -0.05) is 24.3 Å². The lowest BCUT2D eigenvalue weighted by Crippen LogP contribution is -2.28. The zero-order valence-corrected chi connectivity index (χ0v) is 16.4. The van der Waals surface area contributed by atoms with E-state index in [1.165, 1.54) is 0 Å². The Morgan fingerprint density at radius 2 is 1.79 bits per heavy atom. The van der Waals surface area contributed by atoms with Crippen LogP contribution < -0.4 is 10.6 Å². The molecule has 0 bridgehead atoms. The molecule has 2 amide bonds. The number of amides is 2. The predicted molar refractivity (Wildman–Crippen MR) is 108 cm³/mol. The highest BCUT2D eigenvalue weighted by molar-refractivity contribution is 5.96. The number of benzene rings is 2. The summed E-state index contributed by atoms with van der Waals surface area (Å²) in [6, 6.07) is 16.0. The molecule has 0 saturated carbocycles. The Morgan fingerprint density at radius 3 is 2.50 bits per heavy atom. The number of carbonyl (C=O) groups excluding carboxylic acids is 2. The van der Waals surface area contributed by atoms with Crippen molar-refractivity contribution in [1.29, 1.82) is 0 Å². The van der Waals surface area contributed by atoms with Crippen LogP contribution in [0.5, 0.6) is 0 Å². The third-order valence-electron chi connectivity index (χ3n) is 3.99. The fourth-order valence-electron chi connectivity index (χ4n) is 2.73. The molecule has 0 spiro atoms. The number of hydrogen-bond donors (Lipinski definition) is 2. The molecule has 1 aromatic heterocycles. The van der Waals surface area contributed by atoms with E-state index < -0.39 is 11.7 Å². The molecule has 0 radical (unpaired) electrons. The summed E-state index contributed by atoms with van der Waals surface area (Å²) < 4.78 is 11.0. The van der Waals surface area contributed by atoms with Gasteiger partial charge in [0.1, 0.15) is 16.9 Å². The molecule has 6 heteroatoms. The monoisotopic (exact) mass is 380 g/mol. The summed E-state index contributed by atoms with van der Waals surface area (Å²) in [6.45, 7) is 7.22. The van der Waals surface area contributed by atoms with E-state index in [0.717, 1.165) is 11.0 Å². The van der Waals surface area contributed by atoms with Crippen molar-refractivity contribution >= 4 is 28.7 Å². The summed E-state index contributed by atoms with van der Waals surface area (Å²) in [4.78, 5) is 24.5. The minimum absolute atomic E-state index is 0.263. The Labute approximate surface area is 163 Å². The van der Waals surface area contributed by atoms with Gasteiger partial charge in [-0.2, -0.15) is 0 Å². The summed E-state index contributed by atoms with van der Waals surface area (Å²) in [5, 5.41) is 6.54. The van der Waals surface area contributed by atoms with Crippen LogP contribution in [-0.2, 0) is 4.74 Å². The van der Waals surface area contributed by atoms with Crippen molar-refractivity contribution in [3.63, 3.8) is 0 Å². The molecule has 0 aliphatic rings. The van der Waals surface area contributed by atoms with E-state index >= 15 is 0 Å². The molecule has 3 aromatic rings. The molecule has 0 saturated heterocycles. The Kier molecular flexibility index (Phi) is 5.40. The lowest BCUT2D eigenvalue weighted by molar-refractivity contribution is 0.0635. The van der Waals surface area contributed by atoms with Gasteiger partial charge in [0.05, 0.1) is 6.04 Å². The highest BCUT2D eigenvalue weighted by Gasteiger charge is 2.18. The van der Waals surface area contributed by atoms with Crippen LogP contribution in [0.15, 0.2) is 59.0 Å². The second-order valence-corrected chi connectivity index (χ2v) is 7.59. The molecule has 2 N–H and O–H groups in total. The van der Waals surface area contributed by atoms with Gasteiger partial charge in [-0.05, 0) is 58.0 Å². The van der Waals surface area contributed by atoms with Gasteiger partial charge < -0.3 is 14.5 Å². The molecule has 0 fully saturated rings. The van der Waals surface area contributed by atoms with Crippen molar-refractivity contribution in [1.82, 2.24) is 5.32 Å². The van der Waals surface area contributed by atoms with Crippen molar-refractivity contribution in [3.05, 3.63) is 65.9 Å². The molecule has 0 unspecified atom stereocenters. The molecule has 3 rings (SSSR count). The van der Waals surface area contributed by atoms with Gasteiger partial charge in [-0.3, -0.25) is 10.1 Å². The Morgan fingerprint density at radius 1 is 1.04 bits per heavy atom. The highest BCUT2D eigenvalue weighted by atomic mass is 16.6. The molecule has 1 atom stereocenters. The Bertz CT molecular complexity index is 968. The lowest BCUT2D eigenvalue weighted by atomic mass is 10.1. The summed E-state index contributed by atoms with van der Waals surface area (Å²) in [6.07, 6.45) is -0.569. The third kappa shape index (κ3) is 4.91. The lowest BCUT2D eigenvalue weighted by Gasteiger charge is -2.19. The highest BCUT2D eigenvalue weighted by Crippen LogP contribution is 2.24. The zero-order valence-electron chi connectivity index (χ0n) is 16.4. The normalized spacial score (nSPS) is 12.4. The van der Waals surface area contributed by atoms with Crippen LogP contribution in [0, 0.1) is 0 Å². The number of furan rings is 1. The molecule has 1 heterocycles. The molecular weight excluding hydrogens is 356 g/mol. The zero-order chi connectivity index (χ0) is 20.3. The summed E-state index contributed by atoms with van der Waals surface area (Å²) >= 11 is 0. The molecule has 28 heavy (non-hydrogen) atoms. The second-order valence-electron chi connectivity index (χ2n) is 7.59. The number of ether oxygens (including phenoxy) is 1. The number of carbonyl (C=O) groups is 2. The van der Waals surface area contributed by atoms with Gasteiger partial charge in [0.15, 0.2) is 0 Å². The van der Waals surface area contributed by atoms with Gasteiger partial charge in [0.2, 0.25) is 0 Å². The van der Waals surface area contributed by atoms with E-state index in [4.69, 9.17) is 9.15 Å². The maximum Gasteiger partial charge on any atom is 0.412 e. The number of rotatable bonds is 4. The van der Waals surface area contributed by atoms with E-state index in [-0.39, 0.29) is 11.9 Å². The van der Waals surface area contributed by atoms with Crippen molar-refractivity contribution in [2.45, 2.75) is 39.3 Å². The van der Waals surface area contributed by atoms with Crippen LogP contribution >= 0.6 is 0 Å². The van der Waals surface area contributed by atoms with Gasteiger partial charge in [0.25, 0.3) is 5.91 Å². The Balaban J connectivity index is 1.67. The van der Waals surface area contributed by atoms with E-state index in [0.29, 0.717) is 17.0 Å². The van der Waals surface area contributed by atoms with E-state index in [1.807, 2.05) is 37.3 Å². The molecular formula is C22H24N2O4. The number of anilines is 1. The number of para-hydroxylation sites is 1. The minimum atomic E-state index is -0.596. The molecule has 146 valence electrons. The molecule has 2 aromatic carbocycles. The van der Waals surface area contributed by atoms with Crippen LogP contribution in [0.3, 0.4) is 0 Å². The Hall–Kier alpha value is -3.28. The van der Waals surface area contributed by atoms with Gasteiger partial charge in [0, 0.05) is 16.6 Å². The van der Waals surface area contributed by atoms with E-state index in [2.05, 4.69) is 10.6 Å². The first kappa shape index (κ1) is 19.5. The fraction of sp³-hybridized carbons (Fsp3) is 0.273. The summed E-state index contributed by atoms with van der Waals surface area (Å²) in [7, 11) is 0. The SMILES string of the molecule is C[C@H](NC(=O)c1cccc(NC(=O)OC(C)(C)C)c1)c1cc2ccccc2o1. The fourth-order valence-corrected chi connectivity index (χ4v) is 2.73. The first-order valence-electron chi connectivity index (χ1n) is 9.11. The van der Waals surface area contributed by atoms with Crippen LogP contribution in [0.25, 0.3) is 11.0 Å². The first-order valence-corrected chi connectivity index (χ1v) is 9.11. The average molecular weight is 380 g/mol. The van der Waals surface area contributed by atoms with E-state index in [1.54, 1.807) is 45.0 Å². The van der Waals surface area contributed by atoms with Crippen molar-refractivity contribution in [2.75, 3.05) is 5.32 Å². The van der Waals surface area contributed by atoms with Crippen LogP contribution in [0.1, 0.15) is 49.9 Å². The summed E-state index contributed by atoms with van der Waals surface area (Å²) in [5.41, 5.74) is 1.10. The minimum Gasteiger partial charge on any atom is -0.459 e. The van der Waals surface area contributed by atoms with Crippen LogP contribution in [-0.4, -0.2) is 17.6 Å². The van der Waals surface area contributed by atoms with Gasteiger partial charge >= 0.3 is 6.09 Å².